The number of carboxylic acids is 1. The Balaban J connectivity index is 2.04. The zero-order valence-electron chi connectivity index (χ0n) is 10.1. The molecule has 0 bridgehead atoms. The summed E-state index contributed by atoms with van der Waals surface area (Å²) in [6.07, 6.45) is 4.35. The maximum absolute atomic E-state index is 12.2. The van der Waals surface area contributed by atoms with Crippen LogP contribution >= 0.6 is 0 Å². The average molecular weight is 238 g/mol. The number of carbonyl (C=O) groups excluding carboxylic acids is 1. The van der Waals surface area contributed by atoms with Crippen molar-refractivity contribution in [2.75, 3.05) is 19.6 Å². The number of hydrogen-bond acceptors (Lipinski definition) is 2. The molecule has 0 aliphatic carbocycles. The van der Waals surface area contributed by atoms with Gasteiger partial charge >= 0.3 is 12.0 Å². The fourth-order valence-corrected chi connectivity index (χ4v) is 2.51. The van der Waals surface area contributed by atoms with E-state index in [-0.39, 0.29) is 6.03 Å². The lowest BCUT2D eigenvalue weighted by Crippen LogP contribution is -2.49. The third-order valence-electron chi connectivity index (χ3n) is 3.39. The van der Waals surface area contributed by atoms with Crippen LogP contribution in [0.25, 0.3) is 0 Å². The topological polar surface area (TPSA) is 60.9 Å². The van der Waals surface area contributed by atoms with E-state index in [1.54, 1.807) is 4.90 Å². The van der Waals surface area contributed by atoms with Gasteiger partial charge in [0.05, 0.1) is 0 Å². The van der Waals surface area contributed by atoms with Crippen molar-refractivity contribution in [2.45, 2.75) is 32.2 Å². The fraction of sp³-hybridized carbons (Fsp3) is 0.667. The first kappa shape index (κ1) is 12.0. The minimum atomic E-state index is -0.889. The molecule has 1 fully saturated rings. The van der Waals surface area contributed by atoms with Gasteiger partial charge in [0.15, 0.2) is 0 Å². The summed E-state index contributed by atoms with van der Waals surface area (Å²) in [5.41, 5.74) is 1.18. The zero-order chi connectivity index (χ0) is 12.4. The van der Waals surface area contributed by atoms with E-state index in [4.69, 9.17) is 5.11 Å². The number of urea groups is 1. The lowest BCUT2D eigenvalue weighted by Gasteiger charge is -2.32. The van der Waals surface area contributed by atoms with Crippen LogP contribution < -0.4 is 0 Å². The van der Waals surface area contributed by atoms with Crippen molar-refractivity contribution in [1.29, 1.82) is 0 Å². The maximum atomic E-state index is 12.2. The maximum Gasteiger partial charge on any atom is 0.326 e. The van der Waals surface area contributed by atoms with Gasteiger partial charge in [-0.1, -0.05) is 11.6 Å². The predicted molar refractivity (Wildman–Crippen MR) is 62.7 cm³/mol. The molecule has 17 heavy (non-hydrogen) atoms. The summed E-state index contributed by atoms with van der Waals surface area (Å²) in [4.78, 5) is 26.5. The molecule has 2 amide bonds. The van der Waals surface area contributed by atoms with Gasteiger partial charge in [0.2, 0.25) is 0 Å². The second-order valence-corrected chi connectivity index (χ2v) is 4.73. The van der Waals surface area contributed by atoms with Gasteiger partial charge in [-0.2, -0.15) is 0 Å². The highest BCUT2D eigenvalue weighted by atomic mass is 16.4. The van der Waals surface area contributed by atoms with Crippen LogP contribution in [0.15, 0.2) is 11.6 Å². The van der Waals surface area contributed by atoms with E-state index in [2.05, 4.69) is 6.08 Å². The molecule has 2 aliphatic rings. The summed E-state index contributed by atoms with van der Waals surface area (Å²) >= 11 is 0. The third-order valence-corrected chi connectivity index (χ3v) is 3.39. The van der Waals surface area contributed by atoms with E-state index in [0.29, 0.717) is 26.1 Å². The molecule has 0 unspecified atom stereocenters. The number of nitrogens with zero attached hydrogens (tertiary/aromatic N) is 2. The van der Waals surface area contributed by atoms with Gasteiger partial charge < -0.3 is 14.9 Å². The fourth-order valence-electron chi connectivity index (χ4n) is 2.51. The first-order valence-corrected chi connectivity index (χ1v) is 6.03. The van der Waals surface area contributed by atoms with E-state index in [0.717, 1.165) is 12.8 Å². The highest BCUT2D eigenvalue weighted by molar-refractivity contribution is 5.83. The molecular weight excluding hydrogens is 220 g/mol. The zero-order valence-corrected chi connectivity index (χ0v) is 10.1. The molecule has 0 aromatic rings. The van der Waals surface area contributed by atoms with E-state index >= 15 is 0 Å². The summed E-state index contributed by atoms with van der Waals surface area (Å²) in [6.45, 7) is 3.88. The highest BCUT2D eigenvalue weighted by Gasteiger charge is 2.36. The first-order chi connectivity index (χ1) is 8.09. The molecule has 0 aromatic carbocycles. The Labute approximate surface area is 101 Å². The second kappa shape index (κ2) is 4.77. The lowest BCUT2D eigenvalue weighted by molar-refractivity contribution is -0.141. The minimum absolute atomic E-state index is 0.123. The average Bonchev–Trinajstić information content (AvgIpc) is 2.77. The van der Waals surface area contributed by atoms with Gasteiger partial charge in [-0.05, 0) is 26.2 Å². The molecule has 1 N–H and O–H groups in total. The van der Waals surface area contributed by atoms with Crippen LogP contribution in [0.3, 0.4) is 0 Å². The summed E-state index contributed by atoms with van der Waals surface area (Å²) in [7, 11) is 0. The predicted octanol–water partition coefficient (Wildman–Crippen LogP) is 1.31. The van der Waals surface area contributed by atoms with Crippen molar-refractivity contribution in [3.8, 4) is 0 Å². The molecule has 0 radical (unpaired) electrons. The molecule has 0 spiro atoms. The SMILES string of the molecule is CC1=CCCN(C(=O)N2CCC[C@@H]2C(=O)O)C1. The standard InChI is InChI=1S/C12H18N2O3/c1-9-4-2-6-13(8-9)12(17)14-7-3-5-10(14)11(15)16/h4,10H,2-3,5-8H2,1H3,(H,15,16)/t10-/m1/s1. The van der Waals surface area contributed by atoms with Crippen LogP contribution in [-0.4, -0.2) is 52.6 Å². The first-order valence-electron chi connectivity index (χ1n) is 6.03. The monoisotopic (exact) mass is 238 g/mol. The summed E-state index contributed by atoms with van der Waals surface area (Å²) in [6, 6.07) is -0.754. The lowest BCUT2D eigenvalue weighted by atomic mass is 10.1. The van der Waals surface area contributed by atoms with Gasteiger partial charge in [0.1, 0.15) is 6.04 Å². The van der Waals surface area contributed by atoms with Gasteiger partial charge in [0, 0.05) is 19.6 Å². The molecule has 1 saturated heterocycles. The number of carbonyl (C=O) groups is 2. The Morgan fingerprint density at radius 2 is 2.18 bits per heavy atom. The minimum Gasteiger partial charge on any atom is -0.480 e. The third kappa shape index (κ3) is 2.43. The Kier molecular flexibility index (Phi) is 3.36. The molecule has 2 rings (SSSR count). The highest BCUT2D eigenvalue weighted by Crippen LogP contribution is 2.21. The molecule has 1 atom stereocenters. The van der Waals surface area contributed by atoms with Crippen LogP contribution in [0.5, 0.6) is 0 Å². The molecule has 2 heterocycles. The van der Waals surface area contributed by atoms with Crippen LogP contribution in [0.1, 0.15) is 26.2 Å². The number of rotatable bonds is 1. The van der Waals surface area contributed by atoms with Crippen LogP contribution in [0.2, 0.25) is 0 Å². The van der Waals surface area contributed by atoms with E-state index in [1.807, 2.05) is 6.92 Å². The van der Waals surface area contributed by atoms with E-state index in [1.165, 1.54) is 10.5 Å². The second-order valence-electron chi connectivity index (χ2n) is 4.73. The van der Waals surface area contributed by atoms with Crippen LogP contribution in [0, 0.1) is 0 Å². The number of hydrogen-bond donors (Lipinski definition) is 1. The molecule has 0 saturated carbocycles. The van der Waals surface area contributed by atoms with Crippen molar-refractivity contribution in [2.24, 2.45) is 0 Å². The molecule has 5 nitrogen and oxygen atoms in total. The van der Waals surface area contributed by atoms with Crippen molar-refractivity contribution >= 4 is 12.0 Å². The van der Waals surface area contributed by atoms with Crippen molar-refractivity contribution < 1.29 is 14.7 Å². The summed E-state index contributed by atoms with van der Waals surface area (Å²) in [5, 5.41) is 9.06. The quantitative estimate of drug-likeness (QED) is 0.701. The smallest absolute Gasteiger partial charge is 0.326 e. The van der Waals surface area contributed by atoms with Crippen molar-refractivity contribution in [3.05, 3.63) is 11.6 Å². The largest absolute Gasteiger partial charge is 0.480 e. The van der Waals surface area contributed by atoms with Gasteiger partial charge in [-0.3, -0.25) is 0 Å². The summed E-state index contributed by atoms with van der Waals surface area (Å²) < 4.78 is 0. The molecule has 2 aliphatic heterocycles. The molecular formula is C12H18N2O3. The summed E-state index contributed by atoms with van der Waals surface area (Å²) in [5.74, 6) is -0.889. The van der Waals surface area contributed by atoms with Gasteiger partial charge in [0.25, 0.3) is 0 Å². The van der Waals surface area contributed by atoms with Crippen LogP contribution in [-0.2, 0) is 4.79 Å². The number of aliphatic carboxylic acids is 1. The number of amides is 2. The Morgan fingerprint density at radius 1 is 1.41 bits per heavy atom. The van der Waals surface area contributed by atoms with Gasteiger partial charge in [-0.25, -0.2) is 9.59 Å². The Morgan fingerprint density at radius 3 is 2.82 bits per heavy atom. The Bertz CT molecular complexity index is 365. The number of likely N-dealkylation sites (tertiary alicyclic amines) is 1. The van der Waals surface area contributed by atoms with Crippen molar-refractivity contribution in [1.82, 2.24) is 9.80 Å². The van der Waals surface area contributed by atoms with Crippen molar-refractivity contribution in [3.63, 3.8) is 0 Å². The number of carboxylic acid groups (broad SMARTS) is 1. The normalized spacial score (nSPS) is 24.8. The van der Waals surface area contributed by atoms with E-state index in [9.17, 15) is 9.59 Å². The van der Waals surface area contributed by atoms with E-state index < -0.39 is 12.0 Å². The molecule has 94 valence electrons. The van der Waals surface area contributed by atoms with Gasteiger partial charge in [-0.15, -0.1) is 0 Å². The molecule has 0 aromatic heterocycles. The molecule has 5 heteroatoms. The Hall–Kier alpha value is -1.52. The van der Waals surface area contributed by atoms with Crippen LogP contribution in [0.4, 0.5) is 4.79 Å².